The normalized spacial score (nSPS) is 38.5. The van der Waals surface area contributed by atoms with E-state index in [2.05, 4.69) is 36.3 Å². The van der Waals surface area contributed by atoms with Crippen molar-refractivity contribution in [3.63, 3.8) is 0 Å². The molecule has 0 radical (unpaired) electrons. The maximum absolute atomic E-state index is 6.28. The lowest BCUT2D eigenvalue weighted by Gasteiger charge is -2.37. The highest BCUT2D eigenvalue weighted by Gasteiger charge is 2.45. The van der Waals surface area contributed by atoms with Gasteiger partial charge in [0.15, 0.2) is 0 Å². The lowest BCUT2D eigenvalue weighted by atomic mass is 9.84. The van der Waals surface area contributed by atoms with Gasteiger partial charge in [0.1, 0.15) is 0 Å². The molecule has 0 aromatic carbocycles. The van der Waals surface area contributed by atoms with Crippen LogP contribution in [0.1, 0.15) is 19.3 Å². The van der Waals surface area contributed by atoms with Gasteiger partial charge in [-0.3, -0.25) is 0 Å². The average Bonchev–Trinajstić information content (AvgIpc) is 2.61. The van der Waals surface area contributed by atoms with Gasteiger partial charge in [-0.05, 0) is 26.3 Å². The Kier molecular flexibility index (Phi) is 2.22. The molecule has 1 spiro atoms. The lowest BCUT2D eigenvalue weighted by Crippen LogP contribution is -2.42. The summed E-state index contributed by atoms with van der Waals surface area (Å²) in [5.74, 6) is 0.637. The van der Waals surface area contributed by atoms with Gasteiger partial charge in [-0.25, -0.2) is 0 Å². The number of ether oxygens (including phenoxy) is 1. The maximum Gasteiger partial charge on any atom is 0.0830 e. The number of hydrogen-bond acceptors (Lipinski definition) is 2. The molecule has 1 aliphatic carbocycles. The summed E-state index contributed by atoms with van der Waals surface area (Å²) in [5, 5.41) is 0. The van der Waals surface area contributed by atoms with Crippen molar-refractivity contribution in [3.8, 4) is 0 Å². The Labute approximate surface area is 91.6 Å². The summed E-state index contributed by atoms with van der Waals surface area (Å²) in [6.45, 7) is 2.37. The van der Waals surface area contributed by atoms with Gasteiger partial charge in [-0.15, -0.1) is 0 Å². The van der Waals surface area contributed by atoms with Crippen LogP contribution in [-0.2, 0) is 4.74 Å². The standard InChI is InChI=1S/C13H19NO/c1-14-8-6-13(7-9-14)10-11-4-2-3-5-12(11)15-13/h2-5,11-12H,6-10H2,1H3. The van der Waals surface area contributed by atoms with Gasteiger partial charge in [0.05, 0.1) is 11.7 Å². The van der Waals surface area contributed by atoms with Crippen LogP contribution in [0.25, 0.3) is 0 Å². The highest BCUT2D eigenvalue weighted by Crippen LogP contribution is 2.43. The minimum atomic E-state index is 0.195. The molecule has 0 amide bonds. The van der Waals surface area contributed by atoms with E-state index >= 15 is 0 Å². The molecule has 2 aliphatic heterocycles. The minimum Gasteiger partial charge on any atom is -0.367 e. The van der Waals surface area contributed by atoms with Crippen molar-refractivity contribution in [3.05, 3.63) is 24.3 Å². The fourth-order valence-corrected chi connectivity index (χ4v) is 3.06. The Morgan fingerprint density at radius 2 is 1.93 bits per heavy atom. The zero-order valence-electron chi connectivity index (χ0n) is 9.36. The van der Waals surface area contributed by atoms with Crippen LogP contribution in [0.3, 0.4) is 0 Å². The molecule has 0 bridgehead atoms. The summed E-state index contributed by atoms with van der Waals surface area (Å²) in [7, 11) is 2.20. The first-order valence-corrected chi connectivity index (χ1v) is 5.99. The average molecular weight is 205 g/mol. The van der Waals surface area contributed by atoms with Gasteiger partial charge in [0.2, 0.25) is 0 Å². The van der Waals surface area contributed by atoms with Crippen LogP contribution in [0.15, 0.2) is 24.3 Å². The van der Waals surface area contributed by atoms with E-state index in [0.29, 0.717) is 12.0 Å². The van der Waals surface area contributed by atoms with Gasteiger partial charge in [-0.1, -0.05) is 24.3 Å². The number of fused-ring (bicyclic) bond motifs is 1. The summed E-state index contributed by atoms with van der Waals surface area (Å²) in [5.41, 5.74) is 0.195. The van der Waals surface area contributed by atoms with Crippen molar-refractivity contribution in [2.45, 2.75) is 31.0 Å². The summed E-state index contributed by atoms with van der Waals surface area (Å²) < 4.78 is 6.28. The molecule has 2 heteroatoms. The number of likely N-dealkylation sites (tertiary alicyclic amines) is 1. The molecule has 0 saturated carbocycles. The van der Waals surface area contributed by atoms with Crippen LogP contribution >= 0.6 is 0 Å². The van der Waals surface area contributed by atoms with E-state index < -0.39 is 0 Å². The molecule has 3 aliphatic rings. The summed E-state index contributed by atoms with van der Waals surface area (Å²) in [6, 6.07) is 0. The van der Waals surface area contributed by atoms with Crippen LogP contribution in [0.5, 0.6) is 0 Å². The molecule has 0 aromatic heterocycles. The van der Waals surface area contributed by atoms with E-state index in [4.69, 9.17) is 4.74 Å². The molecular weight excluding hydrogens is 186 g/mol. The van der Waals surface area contributed by atoms with Crippen LogP contribution in [0.2, 0.25) is 0 Å². The summed E-state index contributed by atoms with van der Waals surface area (Å²) in [4.78, 5) is 2.41. The van der Waals surface area contributed by atoms with Crippen molar-refractivity contribution >= 4 is 0 Å². The number of allylic oxidation sites excluding steroid dienone is 2. The maximum atomic E-state index is 6.28. The second kappa shape index (κ2) is 3.46. The first kappa shape index (κ1) is 9.61. The highest BCUT2D eigenvalue weighted by molar-refractivity contribution is 5.19. The first-order chi connectivity index (χ1) is 7.27. The molecule has 15 heavy (non-hydrogen) atoms. The monoisotopic (exact) mass is 205 g/mol. The lowest BCUT2D eigenvalue weighted by molar-refractivity contribution is -0.0612. The predicted octanol–water partition coefficient (Wildman–Crippen LogP) is 1.98. The minimum absolute atomic E-state index is 0.195. The van der Waals surface area contributed by atoms with E-state index in [1.165, 1.54) is 32.4 Å². The van der Waals surface area contributed by atoms with Crippen molar-refractivity contribution < 1.29 is 4.74 Å². The van der Waals surface area contributed by atoms with E-state index in [1.54, 1.807) is 0 Å². The van der Waals surface area contributed by atoms with Crippen LogP contribution < -0.4 is 0 Å². The third-order valence-electron chi connectivity index (χ3n) is 4.08. The molecule has 2 atom stereocenters. The fraction of sp³-hybridized carbons (Fsp3) is 0.692. The van der Waals surface area contributed by atoms with Gasteiger partial charge in [0.25, 0.3) is 0 Å². The van der Waals surface area contributed by atoms with Gasteiger partial charge >= 0.3 is 0 Å². The SMILES string of the molecule is CN1CCC2(CC1)CC1C=CC=CC1O2. The fourth-order valence-electron chi connectivity index (χ4n) is 3.06. The zero-order valence-corrected chi connectivity index (χ0v) is 9.36. The number of nitrogens with zero attached hydrogens (tertiary/aromatic N) is 1. The third kappa shape index (κ3) is 1.66. The molecule has 82 valence electrons. The van der Waals surface area contributed by atoms with Gasteiger partial charge in [-0.2, -0.15) is 0 Å². The largest absolute Gasteiger partial charge is 0.367 e. The van der Waals surface area contributed by atoms with E-state index in [1.807, 2.05) is 0 Å². The highest BCUT2D eigenvalue weighted by atomic mass is 16.5. The van der Waals surface area contributed by atoms with Crippen LogP contribution in [0, 0.1) is 5.92 Å². The van der Waals surface area contributed by atoms with E-state index in [-0.39, 0.29) is 5.60 Å². The van der Waals surface area contributed by atoms with Crippen LogP contribution in [0.4, 0.5) is 0 Å². The first-order valence-electron chi connectivity index (χ1n) is 5.99. The third-order valence-corrected chi connectivity index (χ3v) is 4.08. The van der Waals surface area contributed by atoms with Crippen molar-refractivity contribution in [1.82, 2.24) is 4.90 Å². The number of hydrogen-bond donors (Lipinski definition) is 0. The second-order valence-corrected chi connectivity index (χ2v) is 5.21. The van der Waals surface area contributed by atoms with Crippen molar-refractivity contribution in [1.29, 1.82) is 0 Å². The van der Waals surface area contributed by atoms with Gasteiger partial charge in [0, 0.05) is 19.0 Å². The molecule has 0 N–H and O–H groups in total. The quantitative estimate of drug-likeness (QED) is 0.599. The molecule has 2 nitrogen and oxygen atoms in total. The Morgan fingerprint density at radius 3 is 2.67 bits per heavy atom. The van der Waals surface area contributed by atoms with E-state index in [0.717, 1.165) is 0 Å². The predicted molar refractivity (Wildman–Crippen MR) is 60.7 cm³/mol. The molecule has 0 aromatic rings. The summed E-state index contributed by atoms with van der Waals surface area (Å²) in [6.07, 6.45) is 12.8. The van der Waals surface area contributed by atoms with Crippen molar-refractivity contribution in [2.75, 3.05) is 20.1 Å². The smallest absolute Gasteiger partial charge is 0.0830 e. The molecule has 2 unspecified atom stereocenters. The molecule has 3 rings (SSSR count). The Balaban J connectivity index is 1.74. The molecule has 2 saturated heterocycles. The zero-order chi connectivity index (χ0) is 10.3. The van der Waals surface area contributed by atoms with Gasteiger partial charge < -0.3 is 9.64 Å². The molecular formula is C13H19NO. The second-order valence-electron chi connectivity index (χ2n) is 5.21. The van der Waals surface area contributed by atoms with E-state index in [9.17, 15) is 0 Å². The number of rotatable bonds is 0. The van der Waals surface area contributed by atoms with Crippen LogP contribution in [-0.4, -0.2) is 36.7 Å². The Bertz CT molecular complexity index is 278. The Morgan fingerprint density at radius 1 is 1.20 bits per heavy atom. The summed E-state index contributed by atoms with van der Waals surface area (Å²) >= 11 is 0. The molecule has 2 heterocycles. The van der Waals surface area contributed by atoms with Crippen molar-refractivity contribution in [2.24, 2.45) is 5.92 Å². The number of piperidine rings is 1. The topological polar surface area (TPSA) is 12.5 Å². The molecule has 2 fully saturated rings. The Hall–Kier alpha value is -0.600.